The number of halogens is 6. The lowest BCUT2D eigenvalue weighted by molar-refractivity contribution is -0.137. The minimum atomic E-state index is -4.67. The van der Waals surface area contributed by atoms with Gasteiger partial charge in [-0.25, -0.2) is 18.7 Å². The van der Waals surface area contributed by atoms with Gasteiger partial charge in [-0.15, -0.1) is 11.3 Å². The SMILES string of the molecule is C[C@H](NC(=O)c1cc(Cl)cc(C(F)(F)F)c1)c1ncnn1-c1nc(-c2ccc(F)cc2F)cs1.S. The number of carbonyl (C=O) groups excluding carboxylic acids is 1. The number of hydrogen-bond acceptors (Lipinski definition) is 5. The van der Waals surface area contributed by atoms with Gasteiger partial charge in [-0.1, -0.05) is 11.6 Å². The molecule has 0 saturated carbocycles. The Kier molecular flexibility index (Phi) is 7.82. The van der Waals surface area contributed by atoms with Crippen molar-refractivity contribution in [1.82, 2.24) is 25.1 Å². The summed E-state index contributed by atoms with van der Waals surface area (Å²) in [5, 5.41) is 8.22. The van der Waals surface area contributed by atoms with Gasteiger partial charge in [-0.05, 0) is 37.3 Å². The van der Waals surface area contributed by atoms with Crippen LogP contribution in [-0.4, -0.2) is 25.7 Å². The number of amides is 1. The molecule has 0 unspecified atom stereocenters. The number of benzene rings is 2. The summed E-state index contributed by atoms with van der Waals surface area (Å²) in [6.07, 6.45) is -3.46. The van der Waals surface area contributed by atoms with E-state index in [1.807, 2.05) is 0 Å². The van der Waals surface area contributed by atoms with Crippen LogP contribution < -0.4 is 5.32 Å². The van der Waals surface area contributed by atoms with E-state index in [2.05, 4.69) is 20.4 Å². The molecule has 0 bridgehead atoms. The van der Waals surface area contributed by atoms with E-state index in [0.29, 0.717) is 6.07 Å². The maximum atomic E-state index is 14.1. The van der Waals surface area contributed by atoms with Gasteiger partial charge in [-0.3, -0.25) is 4.79 Å². The molecule has 4 rings (SSSR count). The second-order valence-corrected chi connectivity index (χ2v) is 8.36. The van der Waals surface area contributed by atoms with Crippen LogP contribution in [0.5, 0.6) is 0 Å². The molecule has 1 amide bonds. The first-order valence-electron chi connectivity index (χ1n) is 9.53. The molecule has 0 aliphatic carbocycles. The summed E-state index contributed by atoms with van der Waals surface area (Å²) in [6.45, 7) is 1.56. The van der Waals surface area contributed by atoms with E-state index in [-0.39, 0.29) is 46.3 Å². The summed E-state index contributed by atoms with van der Waals surface area (Å²) in [5.74, 6) is -2.08. The Morgan fingerprint density at radius 2 is 1.91 bits per heavy atom. The maximum Gasteiger partial charge on any atom is 0.416 e. The molecule has 35 heavy (non-hydrogen) atoms. The van der Waals surface area contributed by atoms with Crippen LogP contribution in [0.25, 0.3) is 16.4 Å². The Morgan fingerprint density at radius 3 is 2.60 bits per heavy atom. The Labute approximate surface area is 211 Å². The Bertz CT molecular complexity index is 1370. The fraction of sp³-hybridized carbons (Fsp3) is 0.143. The van der Waals surface area contributed by atoms with Gasteiger partial charge in [0.25, 0.3) is 5.91 Å². The quantitative estimate of drug-likeness (QED) is 0.314. The third kappa shape index (κ3) is 5.80. The van der Waals surface area contributed by atoms with Gasteiger partial charge < -0.3 is 5.32 Å². The fourth-order valence-electron chi connectivity index (χ4n) is 3.10. The van der Waals surface area contributed by atoms with Crippen molar-refractivity contribution in [3.8, 4) is 16.4 Å². The molecule has 1 atom stereocenters. The molecule has 2 aromatic heterocycles. The zero-order valence-corrected chi connectivity index (χ0v) is 20.1. The molecule has 0 saturated heterocycles. The van der Waals surface area contributed by atoms with E-state index in [1.54, 1.807) is 12.3 Å². The van der Waals surface area contributed by atoms with Crippen LogP contribution in [-0.2, 0) is 6.18 Å². The highest BCUT2D eigenvalue weighted by Gasteiger charge is 2.32. The van der Waals surface area contributed by atoms with Crippen LogP contribution in [0.3, 0.4) is 0 Å². The Balaban J connectivity index is 0.00000342. The molecule has 14 heteroatoms. The first kappa shape index (κ1) is 26.6. The van der Waals surface area contributed by atoms with Crippen molar-refractivity contribution in [3.05, 3.63) is 81.7 Å². The first-order chi connectivity index (χ1) is 16.0. The number of carbonyl (C=O) groups is 1. The van der Waals surface area contributed by atoms with Crippen LogP contribution in [0.15, 0.2) is 48.1 Å². The molecule has 0 aliphatic rings. The van der Waals surface area contributed by atoms with E-state index in [1.165, 1.54) is 17.1 Å². The lowest BCUT2D eigenvalue weighted by Crippen LogP contribution is -2.29. The topological polar surface area (TPSA) is 72.7 Å². The largest absolute Gasteiger partial charge is 0.416 e. The lowest BCUT2D eigenvalue weighted by atomic mass is 10.1. The van der Waals surface area contributed by atoms with E-state index in [9.17, 15) is 26.7 Å². The summed E-state index contributed by atoms with van der Waals surface area (Å²) >= 11 is 6.86. The second-order valence-electron chi connectivity index (χ2n) is 7.09. The number of hydrogen-bond donors (Lipinski definition) is 1. The zero-order chi connectivity index (χ0) is 24.6. The summed E-state index contributed by atoms with van der Waals surface area (Å²) in [7, 11) is 0. The van der Waals surface area contributed by atoms with Crippen molar-refractivity contribution in [2.75, 3.05) is 0 Å². The number of alkyl halides is 3. The Hall–Kier alpha value is -3.03. The van der Waals surface area contributed by atoms with E-state index >= 15 is 0 Å². The predicted molar refractivity (Wildman–Crippen MR) is 125 cm³/mol. The third-order valence-corrected chi connectivity index (χ3v) is 5.71. The molecule has 184 valence electrons. The van der Waals surface area contributed by atoms with Crippen molar-refractivity contribution < 1.29 is 26.7 Å². The van der Waals surface area contributed by atoms with E-state index in [4.69, 9.17) is 11.6 Å². The summed E-state index contributed by atoms with van der Waals surface area (Å²) in [5.41, 5.74) is -0.993. The first-order valence-corrected chi connectivity index (χ1v) is 10.8. The highest BCUT2D eigenvalue weighted by Crippen LogP contribution is 2.32. The van der Waals surface area contributed by atoms with Crippen LogP contribution in [0.4, 0.5) is 22.0 Å². The van der Waals surface area contributed by atoms with Crippen LogP contribution in [0, 0.1) is 11.6 Å². The zero-order valence-electron chi connectivity index (χ0n) is 17.6. The average molecular weight is 548 g/mol. The molecule has 6 nitrogen and oxygen atoms in total. The highest BCUT2D eigenvalue weighted by molar-refractivity contribution is 7.59. The van der Waals surface area contributed by atoms with Crippen molar-refractivity contribution in [2.24, 2.45) is 0 Å². The number of thiazole rings is 1. The second kappa shape index (κ2) is 10.3. The molecular formula is C21H15ClF5N5OS2. The van der Waals surface area contributed by atoms with Gasteiger partial charge in [0, 0.05) is 27.6 Å². The molecule has 4 aromatic rings. The third-order valence-electron chi connectivity index (χ3n) is 4.68. The highest BCUT2D eigenvalue weighted by atomic mass is 35.5. The molecule has 1 N–H and O–H groups in total. The number of nitrogens with one attached hydrogen (secondary N) is 1. The molecule has 0 aliphatic heterocycles. The molecule has 2 heterocycles. The number of nitrogens with zero attached hydrogens (tertiary/aromatic N) is 4. The lowest BCUT2D eigenvalue weighted by Gasteiger charge is -2.15. The maximum absolute atomic E-state index is 14.1. The van der Waals surface area contributed by atoms with E-state index < -0.39 is 35.3 Å². The monoisotopic (exact) mass is 547 g/mol. The van der Waals surface area contributed by atoms with Gasteiger partial charge in [0.1, 0.15) is 18.0 Å². The van der Waals surface area contributed by atoms with Crippen molar-refractivity contribution >= 4 is 42.3 Å². The van der Waals surface area contributed by atoms with Gasteiger partial charge in [0.2, 0.25) is 5.13 Å². The minimum Gasteiger partial charge on any atom is -0.342 e. The summed E-state index contributed by atoms with van der Waals surface area (Å²) in [4.78, 5) is 21.0. The van der Waals surface area contributed by atoms with Gasteiger partial charge in [-0.2, -0.15) is 36.4 Å². The van der Waals surface area contributed by atoms with Crippen LogP contribution in [0.1, 0.15) is 34.7 Å². The van der Waals surface area contributed by atoms with Crippen molar-refractivity contribution in [2.45, 2.75) is 19.1 Å². The average Bonchev–Trinajstić information content (AvgIpc) is 3.42. The van der Waals surface area contributed by atoms with Gasteiger partial charge in [0.15, 0.2) is 5.82 Å². The van der Waals surface area contributed by atoms with Crippen molar-refractivity contribution in [3.63, 3.8) is 0 Å². The molecule has 2 aromatic carbocycles. The van der Waals surface area contributed by atoms with E-state index in [0.717, 1.165) is 35.6 Å². The predicted octanol–water partition coefficient (Wildman–Crippen LogP) is 5.95. The normalized spacial score (nSPS) is 12.2. The standard InChI is InChI=1S/C21H13ClF5N5OS.H2S/c1-10(30-19(33)11-4-12(21(25,26)27)6-13(22)5-11)18-28-9-29-32(18)20-31-17(8-34-20)15-3-2-14(23)7-16(15)24;/h2-10H,1H3,(H,30,33);1H2/t10-;/m0./s1. The summed E-state index contributed by atoms with van der Waals surface area (Å²) < 4.78 is 67.7. The smallest absolute Gasteiger partial charge is 0.342 e. The molecule has 0 radical (unpaired) electrons. The van der Waals surface area contributed by atoms with Gasteiger partial charge >= 0.3 is 6.18 Å². The summed E-state index contributed by atoms with van der Waals surface area (Å²) in [6, 6.07) is 4.86. The minimum absolute atomic E-state index is 0. The molecule has 0 spiro atoms. The molecular weight excluding hydrogens is 533 g/mol. The van der Waals surface area contributed by atoms with Crippen LogP contribution in [0.2, 0.25) is 5.02 Å². The Morgan fingerprint density at radius 1 is 1.17 bits per heavy atom. The van der Waals surface area contributed by atoms with Crippen LogP contribution >= 0.6 is 36.4 Å². The van der Waals surface area contributed by atoms with Crippen molar-refractivity contribution in [1.29, 1.82) is 0 Å². The van der Waals surface area contributed by atoms with Gasteiger partial charge in [0.05, 0.1) is 17.3 Å². The molecule has 0 fully saturated rings. The fourth-order valence-corrected chi connectivity index (χ4v) is 4.13. The number of aromatic nitrogens is 4. The number of rotatable bonds is 5.